The molecule has 300 valence electrons. The topological polar surface area (TPSA) is 49.2 Å². The third-order valence-corrected chi connectivity index (χ3v) is 13.0. The van der Waals surface area contributed by atoms with Crippen molar-refractivity contribution in [1.82, 2.24) is 14.5 Å². The van der Waals surface area contributed by atoms with Gasteiger partial charge in [0.15, 0.2) is 28.8 Å². The molecule has 0 amide bonds. The number of rotatable bonds is 6. The van der Waals surface area contributed by atoms with Crippen LogP contribution < -0.4 is 9.47 Å². The van der Waals surface area contributed by atoms with Gasteiger partial charge in [-0.2, -0.15) is 0 Å². The van der Waals surface area contributed by atoms with E-state index in [1.807, 2.05) is 36.4 Å². The Balaban J connectivity index is 0.900. The summed E-state index contributed by atoms with van der Waals surface area (Å²) >= 11 is 0. The Kier molecular flexibility index (Phi) is 8.06. The van der Waals surface area contributed by atoms with Gasteiger partial charge in [-0.05, 0) is 82.4 Å². The first kappa shape index (κ1) is 36.1. The Hall–Kier alpha value is -8.54. The molecule has 64 heavy (non-hydrogen) atoms. The molecule has 5 heteroatoms. The van der Waals surface area contributed by atoms with Gasteiger partial charge in [0, 0.05) is 38.7 Å². The first-order chi connectivity index (χ1) is 31.7. The molecule has 0 fully saturated rings. The summed E-state index contributed by atoms with van der Waals surface area (Å²) in [6.07, 6.45) is 0. The van der Waals surface area contributed by atoms with Crippen LogP contribution in [-0.2, 0) is 5.41 Å². The lowest BCUT2D eigenvalue weighted by Crippen LogP contribution is -2.28. The van der Waals surface area contributed by atoms with E-state index >= 15 is 0 Å². The molecule has 3 heterocycles. The number of nitrogens with zero attached hydrogens (tertiary/aromatic N) is 3. The predicted molar refractivity (Wildman–Crippen MR) is 257 cm³/mol. The smallest absolute Gasteiger partial charge is 0.178 e. The van der Waals surface area contributed by atoms with E-state index in [0.29, 0.717) is 28.8 Å². The highest BCUT2D eigenvalue weighted by atomic mass is 16.6. The van der Waals surface area contributed by atoms with Crippen LogP contribution in [-0.4, -0.2) is 14.5 Å². The van der Waals surface area contributed by atoms with Crippen molar-refractivity contribution in [1.29, 1.82) is 0 Å². The Morgan fingerprint density at radius 2 is 0.938 bits per heavy atom. The highest BCUT2D eigenvalue weighted by molar-refractivity contribution is 6.09. The highest BCUT2D eigenvalue weighted by Gasteiger charge is 2.48. The number of fused-ring (bicyclic) bond motifs is 9. The van der Waals surface area contributed by atoms with Crippen molar-refractivity contribution in [3.05, 3.63) is 247 Å². The van der Waals surface area contributed by atoms with E-state index in [4.69, 9.17) is 19.4 Å². The summed E-state index contributed by atoms with van der Waals surface area (Å²) in [6.45, 7) is 0. The van der Waals surface area contributed by atoms with Crippen molar-refractivity contribution < 1.29 is 9.47 Å². The van der Waals surface area contributed by atoms with Crippen LogP contribution in [0.1, 0.15) is 22.3 Å². The molecule has 0 saturated carbocycles. The third kappa shape index (κ3) is 5.44. The molecule has 0 spiro atoms. The number of hydrogen-bond donors (Lipinski definition) is 0. The maximum absolute atomic E-state index is 6.95. The van der Waals surface area contributed by atoms with Gasteiger partial charge >= 0.3 is 0 Å². The van der Waals surface area contributed by atoms with E-state index in [-0.39, 0.29) is 0 Å². The van der Waals surface area contributed by atoms with Crippen molar-refractivity contribution in [2.45, 2.75) is 5.41 Å². The van der Waals surface area contributed by atoms with Gasteiger partial charge in [-0.1, -0.05) is 170 Å². The summed E-state index contributed by atoms with van der Waals surface area (Å²) in [4.78, 5) is 10.4. The molecule has 0 bridgehead atoms. The molecule has 0 radical (unpaired) electrons. The van der Waals surface area contributed by atoms with Crippen LogP contribution in [0.2, 0.25) is 0 Å². The molecule has 1 aliphatic carbocycles. The molecule has 13 rings (SSSR count). The maximum Gasteiger partial charge on any atom is 0.178 e. The van der Waals surface area contributed by atoms with Crippen LogP contribution in [0.5, 0.6) is 23.0 Å². The lowest BCUT2D eigenvalue weighted by molar-refractivity contribution is 0.360. The van der Waals surface area contributed by atoms with E-state index in [2.05, 4.69) is 193 Å². The highest BCUT2D eigenvalue weighted by Crippen LogP contribution is 2.62. The quantitative estimate of drug-likeness (QED) is 0.168. The summed E-state index contributed by atoms with van der Waals surface area (Å²) in [5.74, 6) is 3.22. The van der Waals surface area contributed by atoms with Crippen LogP contribution in [0, 0.1) is 0 Å². The third-order valence-electron chi connectivity index (χ3n) is 13.0. The van der Waals surface area contributed by atoms with Gasteiger partial charge in [0.1, 0.15) is 0 Å². The first-order valence-corrected chi connectivity index (χ1v) is 21.6. The number of hydrogen-bond acceptors (Lipinski definition) is 4. The molecular formula is C59H37N3O2. The molecule has 0 unspecified atom stereocenters. The minimum atomic E-state index is -0.541. The summed E-state index contributed by atoms with van der Waals surface area (Å²) < 4.78 is 16.1. The summed E-state index contributed by atoms with van der Waals surface area (Å²) in [7, 11) is 0. The second kappa shape index (κ2) is 14.3. The standard InChI is InChI=1S/C59H37N3O2/c1-4-16-38(17-5-1)49-37-50(39-28-31-43(32-29-39)62-51-26-14-11-22-44(51)45-23-12-15-27-52(45)62)61-58(60-49)40-30-34-53-55(36-40)63-54-35-33-48-56(57(54)64-53)46-24-10-13-25-47(46)59(48,41-18-6-2-7-19-41)42-20-8-3-9-21-42/h1-37H. The molecule has 11 aromatic rings. The van der Waals surface area contributed by atoms with Crippen LogP contribution in [0.25, 0.3) is 72.5 Å². The van der Waals surface area contributed by atoms with Crippen LogP contribution >= 0.6 is 0 Å². The molecule has 0 saturated heterocycles. The van der Waals surface area contributed by atoms with Crippen LogP contribution in [0.3, 0.4) is 0 Å². The first-order valence-electron chi connectivity index (χ1n) is 21.6. The molecule has 9 aromatic carbocycles. The second-order valence-corrected chi connectivity index (χ2v) is 16.5. The molecule has 2 aromatic heterocycles. The maximum atomic E-state index is 6.95. The molecule has 5 nitrogen and oxygen atoms in total. The fourth-order valence-corrected chi connectivity index (χ4v) is 10.2. The van der Waals surface area contributed by atoms with Gasteiger partial charge in [0.25, 0.3) is 0 Å². The summed E-state index contributed by atoms with van der Waals surface area (Å²) in [5.41, 5.74) is 14.3. The minimum absolute atomic E-state index is 0.541. The Bertz CT molecular complexity index is 3510. The molecule has 0 N–H and O–H groups in total. The van der Waals surface area contributed by atoms with Crippen molar-refractivity contribution in [3.8, 4) is 73.7 Å². The predicted octanol–water partition coefficient (Wildman–Crippen LogP) is 14.8. The van der Waals surface area contributed by atoms with E-state index in [0.717, 1.165) is 50.5 Å². The van der Waals surface area contributed by atoms with E-state index in [1.54, 1.807) is 0 Å². The largest absolute Gasteiger partial charge is 0.449 e. The molecule has 1 aliphatic heterocycles. The molecule has 2 aliphatic rings. The zero-order valence-electron chi connectivity index (χ0n) is 34.5. The Labute approximate surface area is 370 Å². The number of benzene rings is 9. The number of para-hydroxylation sites is 2. The minimum Gasteiger partial charge on any atom is -0.449 e. The van der Waals surface area contributed by atoms with Crippen molar-refractivity contribution in [2.24, 2.45) is 0 Å². The van der Waals surface area contributed by atoms with Gasteiger partial charge in [-0.3, -0.25) is 0 Å². The number of aromatic nitrogens is 3. The van der Waals surface area contributed by atoms with Gasteiger partial charge in [-0.25, -0.2) is 9.97 Å². The zero-order valence-corrected chi connectivity index (χ0v) is 34.5. The van der Waals surface area contributed by atoms with Gasteiger partial charge in [-0.15, -0.1) is 0 Å². The SMILES string of the molecule is c1ccc(-c2cc(-c3ccc(-n4c5ccccc5c5ccccc54)cc3)nc(-c3ccc4c(c3)Oc3ccc5c(c3O4)-c3ccccc3C5(c3ccccc3)c3ccccc3)n2)cc1. The normalized spacial score (nSPS) is 13.1. The van der Waals surface area contributed by atoms with Crippen molar-refractivity contribution >= 4 is 21.8 Å². The average molecular weight is 820 g/mol. The van der Waals surface area contributed by atoms with Crippen molar-refractivity contribution in [3.63, 3.8) is 0 Å². The van der Waals surface area contributed by atoms with Crippen LogP contribution in [0.15, 0.2) is 224 Å². The fourth-order valence-electron chi connectivity index (χ4n) is 10.2. The lowest BCUT2D eigenvalue weighted by Gasteiger charge is -2.34. The van der Waals surface area contributed by atoms with E-state index in [1.165, 1.54) is 38.5 Å². The van der Waals surface area contributed by atoms with Gasteiger partial charge < -0.3 is 14.0 Å². The zero-order chi connectivity index (χ0) is 42.2. The lowest BCUT2D eigenvalue weighted by atomic mass is 9.68. The second-order valence-electron chi connectivity index (χ2n) is 16.5. The summed E-state index contributed by atoms with van der Waals surface area (Å²) in [6, 6.07) is 78.7. The summed E-state index contributed by atoms with van der Waals surface area (Å²) in [5, 5.41) is 2.47. The monoisotopic (exact) mass is 819 g/mol. The van der Waals surface area contributed by atoms with Crippen LogP contribution in [0.4, 0.5) is 0 Å². The van der Waals surface area contributed by atoms with Gasteiger partial charge in [0.2, 0.25) is 0 Å². The Morgan fingerprint density at radius 3 is 1.61 bits per heavy atom. The molecule has 0 atom stereocenters. The van der Waals surface area contributed by atoms with E-state index < -0.39 is 5.41 Å². The fraction of sp³-hybridized carbons (Fsp3) is 0.0169. The number of ether oxygens (including phenoxy) is 2. The van der Waals surface area contributed by atoms with E-state index in [9.17, 15) is 0 Å². The Morgan fingerprint density at radius 1 is 0.391 bits per heavy atom. The van der Waals surface area contributed by atoms with Gasteiger partial charge in [0.05, 0.1) is 27.8 Å². The van der Waals surface area contributed by atoms with Crippen molar-refractivity contribution in [2.75, 3.05) is 0 Å². The molecular weight excluding hydrogens is 783 g/mol. The average Bonchev–Trinajstić information content (AvgIpc) is 3.87.